The minimum atomic E-state index is 0.502. The lowest BCUT2D eigenvalue weighted by Crippen LogP contribution is -2.29. The average molecular weight is 245 g/mol. The molecule has 0 saturated carbocycles. The van der Waals surface area contributed by atoms with Gasteiger partial charge in [-0.25, -0.2) is 9.50 Å². The lowest BCUT2D eigenvalue weighted by atomic mass is 9.97. The van der Waals surface area contributed by atoms with Crippen molar-refractivity contribution < 1.29 is 0 Å². The zero-order valence-corrected chi connectivity index (χ0v) is 10.7. The summed E-state index contributed by atoms with van der Waals surface area (Å²) in [6.45, 7) is 2.81. The number of nitrogens with zero attached hydrogens (tertiary/aromatic N) is 4. The van der Waals surface area contributed by atoms with Crippen LogP contribution in [0.2, 0.25) is 0 Å². The summed E-state index contributed by atoms with van der Waals surface area (Å²) in [4.78, 5) is 7.01. The fourth-order valence-corrected chi connectivity index (χ4v) is 2.51. The van der Waals surface area contributed by atoms with Crippen molar-refractivity contribution in [1.29, 1.82) is 0 Å². The number of hydrogen-bond donors (Lipinski definition) is 1. The van der Waals surface area contributed by atoms with Crippen molar-refractivity contribution in [3.05, 3.63) is 29.7 Å². The van der Waals surface area contributed by atoms with Crippen molar-refractivity contribution >= 4 is 5.65 Å². The lowest BCUT2D eigenvalue weighted by Gasteiger charge is -2.26. The maximum Gasteiger partial charge on any atom is 0.155 e. The Kier molecular flexibility index (Phi) is 3.01. The molecule has 2 N–H and O–H groups in total. The summed E-state index contributed by atoms with van der Waals surface area (Å²) < 4.78 is 1.85. The molecule has 1 aliphatic heterocycles. The minimum absolute atomic E-state index is 0.502. The molecule has 5 nitrogen and oxygen atoms in total. The van der Waals surface area contributed by atoms with Crippen molar-refractivity contribution in [2.45, 2.75) is 25.3 Å². The van der Waals surface area contributed by atoms with Gasteiger partial charge in [0.05, 0.1) is 0 Å². The summed E-state index contributed by atoms with van der Waals surface area (Å²) in [6.07, 6.45) is 4.25. The number of fused-ring (bicyclic) bond motifs is 1. The van der Waals surface area contributed by atoms with Crippen molar-refractivity contribution in [2.24, 2.45) is 5.73 Å². The number of nitrogens with two attached hydrogens (primary N) is 1. The van der Waals surface area contributed by atoms with E-state index in [4.69, 9.17) is 5.73 Å². The molecule has 0 unspecified atom stereocenters. The van der Waals surface area contributed by atoms with E-state index in [1.807, 2.05) is 22.8 Å². The normalized spacial score (nSPS) is 18.6. The summed E-state index contributed by atoms with van der Waals surface area (Å²) in [7, 11) is 2.17. The van der Waals surface area contributed by atoms with Gasteiger partial charge in [-0.3, -0.25) is 0 Å². The molecule has 2 aromatic rings. The molecule has 2 aromatic heterocycles. The summed E-state index contributed by atoms with van der Waals surface area (Å²) in [6, 6.07) is 4.02. The second kappa shape index (κ2) is 4.66. The first-order chi connectivity index (χ1) is 8.76. The van der Waals surface area contributed by atoms with Crippen molar-refractivity contribution in [2.75, 3.05) is 20.1 Å². The molecule has 0 spiro atoms. The van der Waals surface area contributed by atoms with Gasteiger partial charge < -0.3 is 10.6 Å². The summed E-state index contributed by atoms with van der Waals surface area (Å²) in [5, 5.41) is 4.58. The molecule has 96 valence electrons. The highest BCUT2D eigenvalue weighted by Crippen LogP contribution is 2.25. The smallest absolute Gasteiger partial charge is 0.155 e. The van der Waals surface area contributed by atoms with Gasteiger partial charge in [0, 0.05) is 18.7 Å². The zero-order chi connectivity index (χ0) is 12.5. The van der Waals surface area contributed by atoms with Gasteiger partial charge in [0.1, 0.15) is 0 Å². The molecule has 1 saturated heterocycles. The van der Waals surface area contributed by atoms with Gasteiger partial charge in [-0.05, 0) is 50.7 Å². The highest BCUT2D eigenvalue weighted by Gasteiger charge is 2.22. The number of pyridine rings is 1. The largest absolute Gasteiger partial charge is 0.326 e. The van der Waals surface area contributed by atoms with E-state index in [1.165, 1.54) is 0 Å². The van der Waals surface area contributed by atoms with Gasteiger partial charge in [-0.15, -0.1) is 0 Å². The van der Waals surface area contributed by atoms with Crippen LogP contribution in [0.1, 0.15) is 30.1 Å². The molecule has 0 atom stereocenters. The molecule has 0 aliphatic carbocycles. The van der Waals surface area contributed by atoms with E-state index in [2.05, 4.69) is 22.0 Å². The van der Waals surface area contributed by atoms with Crippen LogP contribution in [0, 0.1) is 0 Å². The Bertz CT molecular complexity index is 539. The molecule has 0 radical (unpaired) electrons. The lowest BCUT2D eigenvalue weighted by molar-refractivity contribution is 0.251. The van der Waals surface area contributed by atoms with Crippen LogP contribution >= 0.6 is 0 Å². The van der Waals surface area contributed by atoms with E-state index in [9.17, 15) is 0 Å². The van der Waals surface area contributed by atoms with Crippen molar-refractivity contribution in [3.8, 4) is 0 Å². The van der Waals surface area contributed by atoms with Gasteiger partial charge in [-0.1, -0.05) is 0 Å². The van der Waals surface area contributed by atoms with Crippen LogP contribution in [0.25, 0.3) is 5.65 Å². The topological polar surface area (TPSA) is 59.5 Å². The Labute approximate surface area is 107 Å². The molecular weight excluding hydrogens is 226 g/mol. The Morgan fingerprint density at radius 3 is 2.89 bits per heavy atom. The number of rotatable bonds is 2. The van der Waals surface area contributed by atoms with Crippen molar-refractivity contribution in [1.82, 2.24) is 19.5 Å². The second-order valence-electron chi connectivity index (χ2n) is 5.09. The first-order valence-electron chi connectivity index (χ1n) is 6.50. The monoisotopic (exact) mass is 245 g/mol. The van der Waals surface area contributed by atoms with Crippen LogP contribution in [-0.2, 0) is 6.54 Å². The maximum absolute atomic E-state index is 5.64. The number of piperidine rings is 1. The van der Waals surface area contributed by atoms with E-state index < -0.39 is 0 Å². The van der Waals surface area contributed by atoms with Gasteiger partial charge in [0.25, 0.3) is 0 Å². The van der Waals surface area contributed by atoms with Crippen LogP contribution in [0.5, 0.6) is 0 Å². The molecule has 0 bridgehead atoms. The summed E-state index contributed by atoms with van der Waals surface area (Å²) in [5.41, 5.74) is 7.65. The highest BCUT2D eigenvalue weighted by molar-refractivity contribution is 5.40. The van der Waals surface area contributed by atoms with Gasteiger partial charge >= 0.3 is 0 Å². The molecule has 18 heavy (non-hydrogen) atoms. The van der Waals surface area contributed by atoms with Crippen LogP contribution in [0.3, 0.4) is 0 Å². The fraction of sp³-hybridized carbons (Fsp3) is 0.538. The first kappa shape index (κ1) is 11.6. The van der Waals surface area contributed by atoms with Gasteiger partial charge in [0.15, 0.2) is 11.5 Å². The standard InChI is InChI=1S/C13H19N5/c1-17-5-3-11(4-6-17)13-15-12-8-10(9-14)2-7-18(12)16-13/h2,7-8,11H,3-6,9,14H2,1H3. The van der Waals surface area contributed by atoms with E-state index in [0.717, 1.165) is 43.0 Å². The zero-order valence-electron chi connectivity index (χ0n) is 10.7. The Morgan fingerprint density at radius 2 is 2.17 bits per heavy atom. The van der Waals surface area contributed by atoms with Gasteiger partial charge in [-0.2, -0.15) is 5.10 Å². The van der Waals surface area contributed by atoms with Crippen LogP contribution < -0.4 is 5.73 Å². The first-order valence-corrected chi connectivity index (χ1v) is 6.50. The molecule has 1 fully saturated rings. The molecule has 0 amide bonds. The Hall–Kier alpha value is -1.46. The third-order valence-corrected chi connectivity index (χ3v) is 3.74. The second-order valence-corrected chi connectivity index (χ2v) is 5.09. The fourth-order valence-electron chi connectivity index (χ4n) is 2.51. The summed E-state index contributed by atoms with van der Waals surface area (Å²) >= 11 is 0. The number of hydrogen-bond acceptors (Lipinski definition) is 4. The molecular formula is C13H19N5. The van der Waals surface area contributed by atoms with Crippen molar-refractivity contribution in [3.63, 3.8) is 0 Å². The quantitative estimate of drug-likeness (QED) is 0.857. The van der Waals surface area contributed by atoms with E-state index >= 15 is 0 Å². The predicted octanol–water partition coefficient (Wildman–Crippen LogP) is 0.997. The molecule has 3 heterocycles. The third kappa shape index (κ3) is 2.11. The number of aromatic nitrogens is 3. The SMILES string of the molecule is CN1CCC(c2nc3cc(CN)ccn3n2)CC1. The van der Waals surface area contributed by atoms with Gasteiger partial charge in [0.2, 0.25) is 0 Å². The highest BCUT2D eigenvalue weighted by atomic mass is 15.3. The molecule has 0 aromatic carbocycles. The third-order valence-electron chi connectivity index (χ3n) is 3.74. The van der Waals surface area contributed by atoms with E-state index in [0.29, 0.717) is 12.5 Å². The van der Waals surface area contributed by atoms with Crippen LogP contribution in [0.4, 0.5) is 0 Å². The average Bonchev–Trinajstić information content (AvgIpc) is 2.82. The predicted molar refractivity (Wildman–Crippen MR) is 70.4 cm³/mol. The Morgan fingerprint density at radius 1 is 1.39 bits per heavy atom. The minimum Gasteiger partial charge on any atom is -0.326 e. The number of likely N-dealkylation sites (tertiary alicyclic amines) is 1. The van der Waals surface area contributed by atoms with E-state index in [1.54, 1.807) is 0 Å². The van der Waals surface area contributed by atoms with Crippen LogP contribution in [0.15, 0.2) is 18.3 Å². The maximum atomic E-state index is 5.64. The molecule has 5 heteroatoms. The molecule has 1 aliphatic rings. The van der Waals surface area contributed by atoms with Crippen LogP contribution in [-0.4, -0.2) is 39.6 Å². The van der Waals surface area contributed by atoms with E-state index in [-0.39, 0.29) is 0 Å². The Balaban J connectivity index is 1.88. The molecule has 3 rings (SSSR count). The summed E-state index contributed by atoms with van der Waals surface area (Å²) in [5.74, 6) is 1.49.